The molecule has 132 valence electrons. The minimum Gasteiger partial charge on any atom is -0.488 e. The van der Waals surface area contributed by atoms with Gasteiger partial charge in [-0.25, -0.2) is 0 Å². The van der Waals surface area contributed by atoms with Crippen LogP contribution in [-0.2, 0) is 6.42 Å². The molecular weight excluding hydrogens is 339 g/mol. The molecule has 2 fully saturated rings. The third kappa shape index (κ3) is 3.44. The van der Waals surface area contributed by atoms with Crippen molar-refractivity contribution in [2.75, 3.05) is 0 Å². The van der Waals surface area contributed by atoms with Gasteiger partial charge in [0.15, 0.2) is 0 Å². The Kier molecular flexibility index (Phi) is 5.29. The van der Waals surface area contributed by atoms with Crippen LogP contribution in [0, 0.1) is 17.8 Å². The summed E-state index contributed by atoms with van der Waals surface area (Å²) in [6.45, 7) is 0. The summed E-state index contributed by atoms with van der Waals surface area (Å²) in [4.78, 5) is 0. The predicted octanol–water partition coefficient (Wildman–Crippen LogP) is 7.07. The summed E-state index contributed by atoms with van der Waals surface area (Å²) >= 11 is 12.6. The van der Waals surface area contributed by atoms with Crippen LogP contribution in [0.15, 0.2) is 12.1 Å². The number of fused-ring (bicyclic) bond motifs is 1. The van der Waals surface area contributed by atoms with E-state index < -0.39 is 0 Å². The van der Waals surface area contributed by atoms with E-state index in [1.165, 1.54) is 63.4 Å². The zero-order chi connectivity index (χ0) is 16.5. The number of hydrogen-bond acceptors (Lipinski definition) is 1. The van der Waals surface area contributed by atoms with Crippen molar-refractivity contribution in [3.8, 4) is 5.75 Å². The fraction of sp³-hybridized carbons (Fsp3) is 0.714. The smallest absolute Gasteiger partial charge is 0.143 e. The minimum absolute atomic E-state index is 0.334. The van der Waals surface area contributed by atoms with Gasteiger partial charge < -0.3 is 4.74 Å². The van der Waals surface area contributed by atoms with Crippen LogP contribution in [-0.4, -0.2) is 6.10 Å². The number of benzene rings is 1. The van der Waals surface area contributed by atoms with Crippen molar-refractivity contribution in [3.63, 3.8) is 0 Å². The molecule has 1 aliphatic heterocycles. The second-order valence-electron chi connectivity index (χ2n) is 8.12. The zero-order valence-corrected chi connectivity index (χ0v) is 15.9. The highest BCUT2D eigenvalue weighted by Crippen LogP contribution is 2.45. The van der Waals surface area contributed by atoms with Gasteiger partial charge in [0.2, 0.25) is 0 Å². The molecule has 3 aliphatic rings. The van der Waals surface area contributed by atoms with Crippen molar-refractivity contribution in [3.05, 3.63) is 27.7 Å². The van der Waals surface area contributed by atoms with Crippen LogP contribution in [0.3, 0.4) is 0 Å². The van der Waals surface area contributed by atoms with Crippen LogP contribution >= 0.6 is 23.2 Å². The van der Waals surface area contributed by atoms with E-state index in [1.54, 1.807) is 0 Å². The van der Waals surface area contributed by atoms with Gasteiger partial charge in [-0.15, -0.1) is 0 Å². The molecule has 0 bridgehead atoms. The molecule has 24 heavy (non-hydrogen) atoms. The summed E-state index contributed by atoms with van der Waals surface area (Å²) in [6, 6.07) is 3.96. The third-order valence-corrected chi connectivity index (χ3v) is 7.54. The molecule has 1 atom stereocenters. The van der Waals surface area contributed by atoms with Crippen LogP contribution < -0.4 is 4.74 Å². The molecule has 1 heterocycles. The van der Waals surface area contributed by atoms with Crippen LogP contribution in [0.2, 0.25) is 10.0 Å². The third-order valence-electron chi connectivity index (χ3n) is 6.76. The van der Waals surface area contributed by atoms with E-state index in [-0.39, 0.29) is 0 Å². The van der Waals surface area contributed by atoms with Crippen LogP contribution in [0.25, 0.3) is 0 Å². The maximum absolute atomic E-state index is 6.38. The number of hydrogen-bond donors (Lipinski definition) is 0. The lowest BCUT2D eigenvalue weighted by Crippen LogP contribution is -2.35. The van der Waals surface area contributed by atoms with E-state index in [0.29, 0.717) is 22.1 Å². The first kappa shape index (κ1) is 17.0. The average Bonchev–Trinajstić information content (AvgIpc) is 2.65. The van der Waals surface area contributed by atoms with E-state index >= 15 is 0 Å². The maximum Gasteiger partial charge on any atom is 0.143 e. The molecule has 1 unspecified atom stereocenters. The molecule has 2 saturated carbocycles. The van der Waals surface area contributed by atoms with Crippen LogP contribution in [0.5, 0.6) is 5.75 Å². The van der Waals surface area contributed by atoms with Gasteiger partial charge in [0.05, 0.1) is 5.02 Å². The molecule has 0 amide bonds. The molecule has 0 N–H and O–H groups in total. The highest BCUT2D eigenvalue weighted by atomic mass is 35.5. The van der Waals surface area contributed by atoms with Crippen molar-refractivity contribution in [1.29, 1.82) is 0 Å². The first-order valence-electron chi connectivity index (χ1n) is 9.86. The Bertz CT molecular complexity index is 571. The van der Waals surface area contributed by atoms with Gasteiger partial charge in [0.1, 0.15) is 16.9 Å². The van der Waals surface area contributed by atoms with Gasteiger partial charge >= 0.3 is 0 Å². The Morgan fingerprint density at radius 3 is 2.17 bits per heavy atom. The van der Waals surface area contributed by atoms with Crippen molar-refractivity contribution >= 4 is 23.2 Å². The maximum atomic E-state index is 6.38. The van der Waals surface area contributed by atoms with E-state index in [0.717, 1.165) is 30.4 Å². The molecule has 0 saturated heterocycles. The van der Waals surface area contributed by atoms with Gasteiger partial charge in [-0.3, -0.25) is 0 Å². The summed E-state index contributed by atoms with van der Waals surface area (Å²) < 4.78 is 6.35. The van der Waals surface area contributed by atoms with E-state index in [9.17, 15) is 0 Å². The topological polar surface area (TPSA) is 9.23 Å². The summed E-state index contributed by atoms with van der Waals surface area (Å²) in [7, 11) is 0. The van der Waals surface area contributed by atoms with Crippen molar-refractivity contribution in [2.45, 2.75) is 76.7 Å². The van der Waals surface area contributed by atoms with Gasteiger partial charge in [0, 0.05) is 0 Å². The van der Waals surface area contributed by atoms with Gasteiger partial charge in [-0.1, -0.05) is 61.4 Å². The summed E-state index contributed by atoms with van der Waals surface area (Å²) in [5, 5.41) is 1.21. The fourth-order valence-corrected chi connectivity index (χ4v) is 5.71. The van der Waals surface area contributed by atoms with E-state index in [4.69, 9.17) is 27.9 Å². The molecule has 3 heteroatoms. The average molecular weight is 367 g/mol. The van der Waals surface area contributed by atoms with Gasteiger partial charge in [-0.05, 0) is 67.9 Å². The van der Waals surface area contributed by atoms with Crippen molar-refractivity contribution in [2.24, 2.45) is 17.8 Å². The monoisotopic (exact) mass is 366 g/mol. The highest BCUT2D eigenvalue weighted by molar-refractivity contribution is 6.43. The Morgan fingerprint density at radius 2 is 1.42 bits per heavy atom. The Morgan fingerprint density at radius 1 is 0.750 bits per heavy atom. The number of ether oxygens (including phenoxy) is 1. The molecule has 1 aromatic carbocycles. The van der Waals surface area contributed by atoms with E-state index in [1.807, 2.05) is 6.07 Å². The van der Waals surface area contributed by atoms with E-state index in [2.05, 4.69) is 6.07 Å². The summed E-state index contributed by atoms with van der Waals surface area (Å²) in [5.74, 6) is 3.55. The summed E-state index contributed by atoms with van der Waals surface area (Å²) in [6.07, 6.45) is 15.4. The Balaban J connectivity index is 1.37. The molecule has 1 nitrogen and oxygen atoms in total. The Labute approximate surface area is 156 Å². The highest BCUT2D eigenvalue weighted by Gasteiger charge is 2.34. The first-order valence-corrected chi connectivity index (χ1v) is 10.6. The number of halogens is 2. The standard InChI is InChI=1S/C21H28Cl2O/c22-18-12-10-17-11-13-19(24-21(17)20(18)23)16-8-6-15(7-9-16)14-4-2-1-3-5-14/h10,12,14-16,19H,1-9,11,13H2. The lowest BCUT2D eigenvalue weighted by atomic mass is 9.69. The molecular formula is C21H28Cl2O. The lowest BCUT2D eigenvalue weighted by molar-refractivity contribution is 0.0631. The quantitative estimate of drug-likeness (QED) is 0.543. The predicted molar refractivity (Wildman–Crippen MR) is 101 cm³/mol. The second kappa shape index (κ2) is 7.46. The van der Waals surface area contributed by atoms with Gasteiger partial charge in [0.25, 0.3) is 0 Å². The lowest BCUT2D eigenvalue weighted by Gasteiger charge is -2.40. The normalized spacial score (nSPS) is 31.3. The molecule has 4 rings (SSSR count). The molecule has 0 radical (unpaired) electrons. The SMILES string of the molecule is Clc1ccc2c(c1Cl)OC(C1CCC(C3CCCCC3)CC1)CC2. The van der Waals surface area contributed by atoms with Crippen LogP contribution in [0.4, 0.5) is 0 Å². The molecule has 2 aliphatic carbocycles. The number of rotatable bonds is 2. The van der Waals surface area contributed by atoms with Crippen molar-refractivity contribution in [1.82, 2.24) is 0 Å². The molecule has 0 aromatic heterocycles. The Hall–Kier alpha value is -0.400. The zero-order valence-electron chi connectivity index (χ0n) is 14.4. The fourth-order valence-electron chi connectivity index (χ4n) is 5.33. The molecule has 1 aromatic rings. The number of aryl methyl sites for hydroxylation is 1. The largest absolute Gasteiger partial charge is 0.488 e. The van der Waals surface area contributed by atoms with Gasteiger partial charge in [-0.2, -0.15) is 0 Å². The first-order chi connectivity index (χ1) is 11.7. The molecule has 0 spiro atoms. The van der Waals surface area contributed by atoms with Crippen LogP contribution in [0.1, 0.15) is 69.8 Å². The van der Waals surface area contributed by atoms with Crippen molar-refractivity contribution < 1.29 is 4.74 Å². The minimum atomic E-state index is 0.334. The summed E-state index contributed by atoms with van der Waals surface area (Å²) in [5.41, 5.74) is 1.22. The second-order valence-corrected chi connectivity index (χ2v) is 8.90.